The normalized spacial score (nSPS) is 10.7. The summed E-state index contributed by atoms with van der Waals surface area (Å²) in [6, 6.07) is 5.57. The van der Waals surface area contributed by atoms with Crippen molar-refractivity contribution in [2.75, 3.05) is 0 Å². The van der Waals surface area contributed by atoms with Crippen molar-refractivity contribution in [2.24, 2.45) is 0 Å². The Morgan fingerprint density at radius 2 is 2.19 bits per heavy atom. The van der Waals surface area contributed by atoms with Gasteiger partial charge in [-0.15, -0.1) is 0 Å². The maximum atomic E-state index is 10.8. The monoisotopic (exact) mass is 215 g/mol. The Morgan fingerprint density at radius 3 is 2.81 bits per heavy atom. The van der Waals surface area contributed by atoms with E-state index in [-0.39, 0.29) is 0 Å². The van der Waals surface area contributed by atoms with E-state index in [4.69, 9.17) is 0 Å². The zero-order valence-corrected chi connectivity index (χ0v) is 9.29. The Balaban J connectivity index is 2.46. The third-order valence-electron chi connectivity index (χ3n) is 2.38. The van der Waals surface area contributed by atoms with Gasteiger partial charge in [0.2, 0.25) is 0 Å². The molecule has 0 radical (unpaired) electrons. The molecule has 0 aliphatic rings. The highest BCUT2D eigenvalue weighted by Gasteiger charge is 2.08. The fourth-order valence-corrected chi connectivity index (χ4v) is 1.47. The van der Waals surface area contributed by atoms with Crippen LogP contribution in [0.25, 0.3) is 5.69 Å². The molecule has 0 aliphatic carbocycles. The van der Waals surface area contributed by atoms with Crippen LogP contribution in [0.4, 0.5) is 0 Å². The molecule has 0 bridgehead atoms. The molecule has 0 atom stereocenters. The Morgan fingerprint density at radius 1 is 1.38 bits per heavy atom. The highest BCUT2D eigenvalue weighted by Crippen LogP contribution is 2.14. The molecule has 2 aromatic rings. The van der Waals surface area contributed by atoms with Gasteiger partial charge in [-0.1, -0.05) is 13.8 Å². The molecule has 4 heteroatoms. The van der Waals surface area contributed by atoms with Crippen LogP contribution in [0, 0.1) is 0 Å². The highest BCUT2D eigenvalue weighted by atomic mass is 16.1. The molecule has 4 nitrogen and oxygen atoms in total. The SMILES string of the molecule is CC(C)c1ccn(-c2cccnc2C=O)n1. The fourth-order valence-electron chi connectivity index (χ4n) is 1.47. The molecule has 82 valence electrons. The second-order valence-corrected chi connectivity index (χ2v) is 3.87. The van der Waals surface area contributed by atoms with Gasteiger partial charge in [-0.2, -0.15) is 5.10 Å². The van der Waals surface area contributed by atoms with Gasteiger partial charge in [-0.3, -0.25) is 9.78 Å². The molecule has 0 amide bonds. The Kier molecular flexibility index (Phi) is 2.81. The Bertz CT molecular complexity index is 502. The molecule has 0 saturated carbocycles. The lowest BCUT2D eigenvalue weighted by atomic mass is 10.1. The minimum Gasteiger partial charge on any atom is -0.296 e. The van der Waals surface area contributed by atoms with Crippen LogP contribution in [-0.4, -0.2) is 21.1 Å². The van der Waals surface area contributed by atoms with E-state index in [2.05, 4.69) is 23.9 Å². The van der Waals surface area contributed by atoms with Gasteiger partial charge in [0.15, 0.2) is 6.29 Å². The molecule has 0 fully saturated rings. The van der Waals surface area contributed by atoms with E-state index in [1.165, 1.54) is 0 Å². The van der Waals surface area contributed by atoms with Crippen molar-refractivity contribution in [1.29, 1.82) is 0 Å². The van der Waals surface area contributed by atoms with E-state index in [9.17, 15) is 4.79 Å². The zero-order chi connectivity index (χ0) is 11.5. The molecular formula is C12H13N3O. The molecule has 0 spiro atoms. The van der Waals surface area contributed by atoms with E-state index in [1.54, 1.807) is 16.9 Å². The molecule has 2 heterocycles. The van der Waals surface area contributed by atoms with Gasteiger partial charge < -0.3 is 0 Å². The minimum absolute atomic E-state index is 0.373. The summed E-state index contributed by atoms with van der Waals surface area (Å²) in [5.74, 6) is 0.373. The first-order chi connectivity index (χ1) is 7.72. The van der Waals surface area contributed by atoms with E-state index in [0.29, 0.717) is 17.3 Å². The van der Waals surface area contributed by atoms with E-state index < -0.39 is 0 Å². The van der Waals surface area contributed by atoms with Crippen molar-refractivity contribution in [3.05, 3.63) is 42.0 Å². The number of hydrogen-bond acceptors (Lipinski definition) is 3. The van der Waals surface area contributed by atoms with Gasteiger partial charge in [-0.05, 0) is 24.1 Å². The van der Waals surface area contributed by atoms with Crippen LogP contribution >= 0.6 is 0 Å². The smallest absolute Gasteiger partial charge is 0.170 e. The number of aldehydes is 1. The summed E-state index contributed by atoms with van der Waals surface area (Å²) in [4.78, 5) is 14.8. The lowest BCUT2D eigenvalue weighted by Gasteiger charge is -2.03. The molecule has 0 N–H and O–H groups in total. The number of carbonyl (C=O) groups is 1. The van der Waals surface area contributed by atoms with Gasteiger partial charge >= 0.3 is 0 Å². The summed E-state index contributed by atoms with van der Waals surface area (Å²) >= 11 is 0. The van der Waals surface area contributed by atoms with Crippen molar-refractivity contribution < 1.29 is 4.79 Å². The van der Waals surface area contributed by atoms with E-state index in [0.717, 1.165) is 12.0 Å². The minimum atomic E-state index is 0.373. The first kappa shape index (κ1) is 10.5. The molecule has 2 aromatic heterocycles. The van der Waals surface area contributed by atoms with Gasteiger partial charge in [0, 0.05) is 12.4 Å². The van der Waals surface area contributed by atoms with Crippen LogP contribution in [0.15, 0.2) is 30.6 Å². The second kappa shape index (κ2) is 4.26. The number of carbonyl (C=O) groups excluding carboxylic acids is 1. The van der Waals surface area contributed by atoms with Crippen LogP contribution < -0.4 is 0 Å². The second-order valence-electron chi connectivity index (χ2n) is 3.87. The average Bonchev–Trinajstić information content (AvgIpc) is 2.78. The summed E-state index contributed by atoms with van der Waals surface area (Å²) in [6.45, 7) is 4.16. The number of nitrogens with zero attached hydrogens (tertiary/aromatic N) is 3. The van der Waals surface area contributed by atoms with Crippen molar-refractivity contribution in [3.8, 4) is 5.69 Å². The predicted octanol–water partition coefficient (Wildman–Crippen LogP) is 2.20. The Hall–Kier alpha value is -1.97. The lowest BCUT2D eigenvalue weighted by Crippen LogP contribution is -2.02. The van der Waals surface area contributed by atoms with Gasteiger partial charge in [0.25, 0.3) is 0 Å². The summed E-state index contributed by atoms with van der Waals surface area (Å²) in [5.41, 5.74) is 2.12. The number of hydrogen-bond donors (Lipinski definition) is 0. The van der Waals surface area contributed by atoms with Crippen molar-refractivity contribution >= 4 is 6.29 Å². The third kappa shape index (κ3) is 1.86. The standard InChI is InChI=1S/C12H13N3O/c1-9(2)10-5-7-15(14-10)12-4-3-6-13-11(12)8-16/h3-9H,1-2H3. The van der Waals surface area contributed by atoms with Crippen molar-refractivity contribution in [2.45, 2.75) is 19.8 Å². The predicted molar refractivity (Wildman–Crippen MR) is 60.8 cm³/mol. The molecule has 0 saturated heterocycles. The topological polar surface area (TPSA) is 47.8 Å². The summed E-state index contributed by atoms with van der Waals surface area (Å²) in [5, 5.41) is 4.41. The van der Waals surface area contributed by atoms with Gasteiger partial charge in [0.05, 0.1) is 11.4 Å². The fraction of sp³-hybridized carbons (Fsp3) is 0.250. The molecule has 0 aliphatic heterocycles. The first-order valence-corrected chi connectivity index (χ1v) is 5.18. The van der Waals surface area contributed by atoms with Crippen LogP contribution in [0.2, 0.25) is 0 Å². The molecular weight excluding hydrogens is 202 g/mol. The maximum Gasteiger partial charge on any atom is 0.170 e. The molecule has 16 heavy (non-hydrogen) atoms. The molecule has 0 aromatic carbocycles. The lowest BCUT2D eigenvalue weighted by molar-refractivity contribution is 0.111. The summed E-state index contributed by atoms with van der Waals surface area (Å²) < 4.78 is 1.69. The largest absolute Gasteiger partial charge is 0.296 e. The van der Waals surface area contributed by atoms with Gasteiger partial charge in [-0.25, -0.2) is 4.68 Å². The summed E-state index contributed by atoms with van der Waals surface area (Å²) in [6.07, 6.45) is 4.19. The molecule has 0 unspecified atom stereocenters. The number of pyridine rings is 1. The number of rotatable bonds is 3. The van der Waals surface area contributed by atoms with Crippen LogP contribution in [0.5, 0.6) is 0 Å². The van der Waals surface area contributed by atoms with Crippen LogP contribution in [0.3, 0.4) is 0 Å². The van der Waals surface area contributed by atoms with Crippen molar-refractivity contribution in [1.82, 2.24) is 14.8 Å². The van der Waals surface area contributed by atoms with Crippen LogP contribution in [-0.2, 0) is 0 Å². The van der Waals surface area contributed by atoms with E-state index >= 15 is 0 Å². The maximum absolute atomic E-state index is 10.8. The van der Waals surface area contributed by atoms with Crippen LogP contribution in [0.1, 0.15) is 35.9 Å². The third-order valence-corrected chi connectivity index (χ3v) is 2.38. The highest BCUT2D eigenvalue weighted by molar-refractivity contribution is 5.77. The number of aromatic nitrogens is 3. The van der Waals surface area contributed by atoms with E-state index in [1.807, 2.05) is 18.3 Å². The quantitative estimate of drug-likeness (QED) is 0.737. The first-order valence-electron chi connectivity index (χ1n) is 5.18. The Labute approximate surface area is 93.9 Å². The van der Waals surface area contributed by atoms with Gasteiger partial charge in [0.1, 0.15) is 5.69 Å². The zero-order valence-electron chi connectivity index (χ0n) is 9.29. The molecule has 2 rings (SSSR count). The summed E-state index contributed by atoms with van der Waals surface area (Å²) in [7, 11) is 0. The average molecular weight is 215 g/mol. The van der Waals surface area contributed by atoms with Crippen molar-refractivity contribution in [3.63, 3.8) is 0 Å².